The second-order valence-electron chi connectivity index (χ2n) is 5.13. The number of benzene rings is 1. The molecular formula is C13H18F2OS. The van der Waals surface area contributed by atoms with Crippen LogP contribution in [0.4, 0.5) is 8.78 Å². The molecule has 0 aliphatic carbocycles. The lowest BCUT2D eigenvalue weighted by atomic mass is 9.82. The molecule has 96 valence electrons. The van der Waals surface area contributed by atoms with Gasteiger partial charge in [-0.25, -0.2) is 8.78 Å². The summed E-state index contributed by atoms with van der Waals surface area (Å²) in [6.45, 7) is 6.62. The van der Waals surface area contributed by atoms with Gasteiger partial charge >= 0.3 is 0 Å². The highest BCUT2D eigenvalue weighted by molar-refractivity contribution is 7.80. The Morgan fingerprint density at radius 2 is 1.94 bits per heavy atom. The second-order valence-corrected chi connectivity index (χ2v) is 5.50. The van der Waals surface area contributed by atoms with Crippen LogP contribution in [0.25, 0.3) is 0 Å². The molecular weight excluding hydrogens is 242 g/mol. The maximum atomic E-state index is 13.3. The van der Waals surface area contributed by atoms with Gasteiger partial charge in [0.2, 0.25) is 0 Å². The lowest BCUT2D eigenvalue weighted by Crippen LogP contribution is -2.28. The molecule has 0 spiro atoms. The van der Waals surface area contributed by atoms with E-state index in [1.54, 1.807) is 0 Å². The third-order valence-corrected chi connectivity index (χ3v) is 3.22. The van der Waals surface area contributed by atoms with Crippen LogP contribution < -0.4 is 4.74 Å². The lowest BCUT2D eigenvalue weighted by molar-refractivity contribution is 0.161. The fourth-order valence-corrected chi connectivity index (χ4v) is 2.01. The predicted octanol–water partition coefficient (Wildman–Crippen LogP) is 3.94. The zero-order valence-electron chi connectivity index (χ0n) is 10.3. The monoisotopic (exact) mass is 260 g/mol. The van der Waals surface area contributed by atoms with Gasteiger partial charge in [-0.2, -0.15) is 12.6 Å². The van der Waals surface area contributed by atoms with Crippen molar-refractivity contribution < 1.29 is 13.5 Å². The highest BCUT2D eigenvalue weighted by atomic mass is 32.1. The van der Waals surface area contributed by atoms with Crippen LogP contribution >= 0.6 is 12.6 Å². The van der Waals surface area contributed by atoms with Gasteiger partial charge in [0.25, 0.3) is 0 Å². The Morgan fingerprint density at radius 1 is 1.29 bits per heavy atom. The second kappa shape index (κ2) is 5.71. The SMILES string of the molecule is CC(C)(C)C(CS)COc1ccc(F)cc1F. The number of hydrogen-bond acceptors (Lipinski definition) is 2. The number of thiol groups is 1. The normalized spacial score (nSPS) is 13.5. The van der Waals surface area contributed by atoms with Crippen molar-refractivity contribution in [1.82, 2.24) is 0 Å². The quantitative estimate of drug-likeness (QED) is 0.807. The first kappa shape index (κ1) is 14.3. The fourth-order valence-electron chi connectivity index (χ4n) is 1.36. The van der Waals surface area contributed by atoms with Gasteiger partial charge in [-0.3, -0.25) is 0 Å². The summed E-state index contributed by atoms with van der Waals surface area (Å²) in [6.07, 6.45) is 0. The van der Waals surface area contributed by atoms with Crippen LogP contribution in [0.1, 0.15) is 20.8 Å². The van der Waals surface area contributed by atoms with E-state index in [0.29, 0.717) is 12.4 Å². The lowest BCUT2D eigenvalue weighted by Gasteiger charge is -2.29. The average Bonchev–Trinajstić information content (AvgIpc) is 2.19. The number of halogens is 2. The van der Waals surface area contributed by atoms with Gasteiger partial charge in [-0.1, -0.05) is 20.8 Å². The summed E-state index contributed by atoms with van der Waals surface area (Å²) >= 11 is 4.26. The van der Waals surface area contributed by atoms with Crippen LogP contribution in [-0.4, -0.2) is 12.4 Å². The minimum absolute atomic E-state index is 0.0399. The van der Waals surface area contributed by atoms with E-state index in [-0.39, 0.29) is 17.1 Å². The van der Waals surface area contributed by atoms with Crippen molar-refractivity contribution in [3.63, 3.8) is 0 Å². The van der Waals surface area contributed by atoms with Crippen LogP contribution in [0.15, 0.2) is 18.2 Å². The average molecular weight is 260 g/mol. The van der Waals surface area contributed by atoms with Crippen molar-refractivity contribution >= 4 is 12.6 Å². The summed E-state index contributed by atoms with van der Waals surface area (Å²) in [6, 6.07) is 3.32. The molecule has 0 aliphatic heterocycles. The van der Waals surface area contributed by atoms with Gasteiger partial charge in [-0.05, 0) is 23.3 Å². The van der Waals surface area contributed by atoms with Crippen LogP contribution in [-0.2, 0) is 0 Å². The van der Waals surface area contributed by atoms with Crippen molar-refractivity contribution in [2.75, 3.05) is 12.4 Å². The molecule has 0 saturated carbocycles. The molecule has 0 radical (unpaired) electrons. The van der Waals surface area contributed by atoms with Crippen molar-refractivity contribution in [2.24, 2.45) is 11.3 Å². The van der Waals surface area contributed by atoms with E-state index in [1.807, 2.05) is 0 Å². The predicted molar refractivity (Wildman–Crippen MR) is 68.7 cm³/mol. The van der Waals surface area contributed by atoms with E-state index in [2.05, 4.69) is 33.4 Å². The Bertz CT molecular complexity index is 374. The summed E-state index contributed by atoms with van der Waals surface area (Å²) in [5.41, 5.74) is 0.0399. The molecule has 1 aromatic carbocycles. The molecule has 1 atom stereocenters. The van der Waals surface area contributed by atoms with E-state index in [0.717, 1.165) is 6.07 Å². The Labute approximate surface area is 107 Å². The van der Waals surface area contributed by atoms with Crippen molar-refractivity contribution in [2.45, 2.75) is 20.8 Å². The largest absolute Gasteiger partial charge is 0.490 e. The molecule has 0 fully saturated rings. The number of hydrogen-bond donors (Lipinski definition) is 1. The van der Waals surface area contributed by atoms with Gasteiger partial charge in [0, 0.05) is 12.0 Å². The third-order valence-electron chi connectivity index (χ3n) is 2.78. The minimum atomic E-state index is -0.670. The van der Waals surface area contributed by atoms with Crippen LogP contribution in [0, 0.1) is 23.0 Å². The highest BCUT2D eigenvalue weighted by Gasteiger charge is 2.24. The zero-order valence-corrected chi connectivity index (χ0v) is 11.2. The summed E-state index contributed by atoms with van der Waals surface area (Å²) in [5, 5.41) is 0. The smallest absolute Gasteiger partial charge is 0.167 e. The van der Waals surface area contributed by atoms with E-state index in [1.165, 1.54) is 12.1 Å². The van der Waals surface area contributed by atoms with Crippen molar-refractivity contribution in [3.8, 4) is 5.75 Å². The topological polar surface area (TPSA) is 9.23 Å². The van der Waals surface area contributed by atoms with Crippen LogP contribution in [0.2, 0.25) is 0 Å². The first-order valence-corrected chi connectivity index (χ1v) is 6.16. The summed E-state index contributed by atoms with van der Waals surface area (Å²) < 4.78 is 31.4. The minimum Gasteiger partial charge on any atom is -0.490 e. The number of rotatable bonds is 4. The third kappa shape index (κ3) is 4.19. The van der Waals surface area contributed by atoms with Gasteiger partial charge in [-0.15, -0.1) is 0 Å². The molecule has 17 heavy (non-hydrogen) atoms. The molecule has 0 aromatic heterocycles. The van der Waals surface area contributed by atoms with Gasteiger partial charge in [0.05, 0.1) is 6.61 Å². The molecule has 0 N–H and O–H groups in total. The van der Waals surface area contributed by atoms with Gasteiger partial charge < -0.3 is 4.74 Å². The van der Waals surface area contributed by atoms with E-state index >= 15 is 0 Å². The molecule has 0 saturated heterocycles. The number of ether oxygens (including phenoxy) is 1. The summed E-state index contributed by atoms with van der Waals surface area (Å²) in [4.78, 5) is 0. The van der Waals surface area contributed by atoms with E-state index in [4.69, 9.17) is 4.74 Å². The van der Waals surface area contributed by atoms with Gasteiger partial charge in [0.15, 0.2) is 11.6 Å². The highest BCUT2D eigenvalue weighted by Crippen LogP contribution is 2.28. The zero-order chi connectivity index (χ0) is 13.1. The maximum absolute atomic E-state index is 13.3. The maximum Gasteiger partial charge on any atom is 0.167 e. The Morgan fingerprint density at radius 3 is 2.41 bits per heavy atom. The molecule has 1 rings (SSSR count). The first-order valence-electron chi connectivity index (χ1n) is 5.53. The van der Waals surface area contributed by atoms with Crippen molar-refractivity contribution in [1.29, 1.82) is 0 Å². The molecule has 4 heteroatoms. The molecule has 0 amide bonds. The standard InChI is InChI=1S/C13H18F2OS/c1-13(2,3)9(8-17)7-16-12-5-4-10(14)6-11(12)15/h4-6,9,17H,7-8H2,1-3H3. The molecule has 1 aromatic rings. The Hall–Kier alpha value is -0.770. The summed E-state index contributed by atoms with van der Waals surface area (Å²) in [7, 11) is 0. The molecule has 0 bridgehead atoms. The van der Waals surface area contributed by atoms with E-state index < -0.39 is 11.6 Å². The van der Waals surface area contributed by atoms with Gasteiger partial charge in [0.1, 0.15) is 5.82 Å². The van der Waals surface area contributed by atoms with Crippen molar-refractivity contribution in [3.05, 3.63) is 29.8 Å². The molecule has 1 nitrogen and oxygen atoms in total. The molecule has 1 unspecified atom stereocenters. The Balaban J connectivity index is 2.66. The van der Waals surface area contributed by atoms with Crippen LogP contribution in [0.3, 0.4) is 0 Å². The van der Waals surface area contributed by atoms with E-state index in [9.17, 15) is 8.78 Å². The molecule has 0 aliphatic rings. The summed E-state index contributed by atoms with van der Waals surface area (Å²) in [5.74, 6) is -0.322. The van der Waals surface area contributed by atoms with Crippen LogP contribution in [0.5, 0.6) is 5.75 Å². The fraction of sp³-hybridized carbons (Fsp3) is 0.538. The Kier molecular flexibility index (Phi) is 4.80. The molecule has 0 heterocycles. The first-order chi connectivity index (χ1) is 7.84.